The van der Waals surface area contributed by atoms with E-state index in [2.05, 4.69) is 93.7 Å². The second-order valence-electron chi connectivity index (χ2n) is 20.6. The molecular formula is C67H116O6. The molecule has 1 atom stereocenters. The molecule has 0 aliphatic heterocycles. The second-order valence-corrected chi connectivity index (χ2v) is 20.6. The fourth-order valence-corrected chi connectivity index (χ4v) is 8.74. The Morgan fingerprint density at radius 2 is 0.589 bits per heavy atom. The first-order chi connectivity index (χ1) is 36.0. The number of carbonyl (C=O) groups excluding carboxylic acids is 3. The maximum atomic E-state index is 12.9. The molecule has 0 bridgehead atoms. The summed E-state index contributed by atoms with van der Waals surface area (Å²) in [4.78, 5) is 38.2. The van der Waals surface area contributed by atoms with Crippen LogP contribution in [0.15, 0.2) is 85.1 Å². The van der Waals surface area contributed by atoms with E-state index in [1.165, 1.54) is 193 Å². The number of ether oxygens (including phenoxy) is 3. The Morgan fingerprint density at radius 3 is 0.945 bits per heavy atom. The van der Waals surface area contributed by atoms with Gasteiger partial charge in [-0.05, 0) is 96.3 Å². The minimum absolute atomic E-state index is 0.107. The molecule has 420 valence electrons. The monoisotopic (exact) mass is 1020 g/mol. The van der Waals surface area contributed by atoms with Crippen LogP contribution in [0.2, 0.25) is 0 Å². The molecule has 0 saturated carbocycles. The van der Waals surface area contributed by atoms with Gasteiger partial charge in [-0.2, -0.15) is 0 Å². The molecular weight excluding hydrogens is 901 g/mol. The molecule has 0 rings (SSSR count). The van der Waals surface area contributed by atoms with Crippen molar-refractivity contribution >= 4 is 17.9 Å². The van der Waals surface area contributed by atoms with Gasteiger partial charge in [0.1, 0.15) is 13.2 Å². The van der Waals surface area contributed by atoms with Gasteiger partial charge in [0.05, 0.1) is 6.42 Å². The molecule has 0 aromatic rings. The topological polar surface area (TPSA) is 78.9 Å². The molecule has 0 amide bonds. The molecule has 0 fully saturated rings. The quantitative estimate of drug-likeness (QED) is 0.0261. The maximum Gasteiger partial charge on any atom is 0.309 e. The third-order valence-electron chi connectivity index (χ3n) is 13.4. The SMILES string of the molecule is CC/C=C\C/C=C\C/C=C\C/C=C\C/C=C\CC(=O)OCC(COC(=O)CCCCCCCCCCCCC/C=C\CCCCCCCCCC)OC(=O)CCCCCCCCC/C=C\CCCCCCCC. The van der Waals surface area contributed by atoms with Crippen LogP contribution in [0.25, 0.3) is 0 Å². The molecule has 6 heteroatoms. The lowest BCUT2D eigenvalue weighted by Gasteiger charge is -2.18. The minimum Gasteiger partial charge on any atom is -0.462 e. The zero-order valence-corrected chi connectivity index (χ0v) is 48.1. The van der Waals surface area contributed by atoms with Crippen LogP contribution in [-0.4, -0.2) is 37.2 Å². The van der Waals surface area contributed by atoms with E-state index in [0.29, 0.717) is 12.8 Å². The number of hydrogen-bond donors (Lipinski definition) is 0. The Balaban J connectivity index is 4.40. The zero-order chi connectivity index (χ0) is 52.9. The molecule has 0 aliphatic rings. The number of hydrogen-bond acceptors (Lipinski definition) is 6. The Hall–Kier alpha value is -3.41. The lowest BCUT2D eigenvalue weighted by molar-refractivity contribution is -0.166. The average molecular weight is 1020 g/mol. The predicted octanol–water partition coefficient (Wildman–Crippen LogP) is 21.1. The van der Waals surface area contributed by atoms with E-state index in [1.54, 1.807) is 6.08 Å². The smallest absolute Gasteiger partial charge is 0.309 e. The van der Waals surface area contributed by atoms with Crippen LogP contribution >= 0.6 is 0 Å². The van der Waals surface area contributed by atoms with E-state index < -0.39 is 12.1 Å². The van der Waals surface area contributed by atoms with Gasteiger partial charge in [0.15, 0.2) is 6.10 Å². The molecule has 0 aromatic heterocycles. The van der Waals surface area contributed by atoms with Gasteiger partial charge in [0.2, 0.25) is 0 Å². The van der Waals surface area contributed by atoms with Gasteiger partial charge in [-0.3, -0.25) is 14.4 Å². The van der Waals surface area contributed by atoms with Crippen molar-refractivity contribution in [1.29, 1.82) is 0 Å². The molecule has 73 heavy (non-hydrogen) atoms. The first-order valence-electron chi connectivity index (χ1n) is 31.1. The Morgan fingerprint density at radius 1 is 0.301 bits per heavy atom. The number of rotatable bonds is 56. The van der Waals surface area contributed by atoms with Crippen LogP contribution in [0.3, 0.4) is 0 Å². The average Bonchev–Trinajstić information content (AvgIpc) is 3.39. The highest BCUT2D eigenvalue weighted by atomic mass is 16.6. The Labute approximate surface area is 452 Å². The third-order valence-corrected chi connectivity index (χ3v) is 13.4. The van der Waals surface area contributed by atoms with Crippen LogP contribution in [0, 0.1) is 0 Å². The Bertz CT molecular complexity index is 1400. The van der Waals surface area contributed by atoms with E-state index in [-0.39, 0.29) is 31.6 Å². The summed E-state index contributed by atoms with van der Waals surface area (Å²) in [6, 6.07) is 0. The van der Waals surface area contributed by atoms with Gasteiger partial charge in [0.25, 0.3) is 0 Å². The molecule has 1 unspecified atom stereocenters. The molecule has 6 nitrogen and oxygen atoms in total. The van der Waals surface area contributed by atoms with Gasteiger partial charge in [0, 0.05) is 12.8 Å². The largest absolute Gasteiger partial charge is 0.462 e. The van der Waals surface area contributed by atoms with Crippen molar-refractivity contribution in [2.24, 2.45) is 0 Å². The summed E-state index contributed by atoms with van der Waals surface area (Å²) in [7, 11) is 0. The standard InChI is InChI=1S/C67H116O6/c1-4-7-10-13-16-19-22-25-28-30-31-32-33-34-35-37-39-42-45-48-51-54-57-60-66(69)72-63-64(62-71-65(68)59-56-53-50-47-44-41-38-27-24-21-18-15-12-9-6-3)73-67(70)61-58-55-52-49-46-43-40-36-29-26-23-20-17-14-11-8-5-2/h9,12,18,21,26-27,29-31,38,44,47,53,56,64H,4-8,10-11,13-17,19-20,22-25,28,32-37,39-43,45-46,48-52,54-55,57-63H2,1-3H3/b12-9-,21-18-,29-26-,31-30-,38-27-,47-44-,56-53-. The summed E-state index contributed by atoms with van der Waals surface area (Å²) >= 11 is 0. The van der Waals surface area contributed by atoms with Gasteiger partial charge >= 0.3 is 17.9 Å². The predicted molar refractivity (Wildman–Crippen MR) is 316 cm³/mol. The second kappa shape index (κ2) is 61.1. The highest BCUT2D eigenvalue weighted by Crippen LogP contribution is 2.16. The van der Waals surface area contributed by atoms with Crippen molar-refractivity contribution in [3.05, 3.63) is 85.1 Å². The minimum atomic E-state index is -0.820. The highest BCUT2D eigenvalue weighted by molar-refractivity contribution is 5.72. The van der Waals surface area contributed by atoms with Crippen LogP contribution in [0.1, 0.15) is 303 Å². The first-order valence-corrected chi connectivity index (χ1v) is 31.1. The molecule has 0 saturated heterocycles. The van der Waals surface area contributed by atoms with Crippen molar-refractivity contribution < 1.29 is 28.6 Å². The van der Waals surface area contributed by atoms with E-state index in [9.17, 15) is 14.4 Å². The summed E-state index contributed by atoms with van der Waals surface area (Å²) in [6.07, 6.45) is 80.4. The van der Waals surface area contributed by atoms with Crippen LogP contribution in [0.5, 0.6) is 0 Å². The summed E-state index contributed by atoms with van der Waals surface area (Å²) in [6.45, 7) is 6.46. The van der Waals surface area contributed by atoms with E-state index >= 15 is 0 Å². The fraction of sp³-hybridized carbons (Fsp3) is 0.746. The van der Waals surface area contributed by atoms with Crippen molar-refractivity contribution in [2.45, 2.75) is 309 Å². The van der Waals surface area contributed by atoms with Crippen LogP contribution in [0.4, 0.5) is 0 Å². The summed E-state index contributed by atoms with van der Waals surface area (Å²) in [5.41, 5.74) is 0. The summed E-state index contributed by atoms with van der Waals surface area (Å²) in [5, 5.41) is 0. The van der Waals surface area contributed by atoms with Gasteiger partial charge in [-0.1, -0.05) is 273 Å². The zero-order valence-electron chi connectivity index (χ0n) is 48.1. The van der Waals surface area contributed by atoms with Gasteiger partial charge in [-0.15, -0.1) is 0 Å². The normalized spacial score (nSPS) is 12.6. The molecule has 0 radical (unpaired) electrons. The molecule has 0 heterocycles. The summed E-state index contributed by atoms with van der Waals surface area (Å²) < 4.78 is 16.8. The molecule has 0 aromatic carbocycles. The van der Waals surface area contributed by atoms with Crippen molar-refractivity contribution in [3.63, 3.8) is 0 Å². The Kier molecular flexibility index (Phi) is 58.3. The van der Waals surface area contributed by atoms with E-state index in [1.807, 2.05) is 6.08 Å². The number of carbonyl (C=O) groups is 3. The lowest BCUT2D eigenvalue weighted by Crippen LogP contribution is -2.30. The molecule has 0 aliphatic carbocycles. The molecule has 0 N–H and O–H groups in total. The van der Waals surface area contributed by atoms with Crippen molar-refractivity contribution in [2.75, 3.05) is 13.2 Å². The fourth-order valence-electron chi connectivity index (χ4n) is 8.74. The van der Waals surface area contributed by atoms with E-state index in [4.69, 9.17) is 14.2 Å². The molecule has 0 spiro atoms. The number of esters is 3. The summed E-state index contributed by atoms with van der Waals surface area (Å²) in [5.74, 6) is -1.04. The van der Waals surface area contributed by atoms with E-state index in [0.717, 1.165) is 70.6 Å². The van der Waals surface area contributed by atoms with Crippen molar-refractivity contribution in [1.82, 2.24) is 0 Å². The van der Waals surface area contributed by atoms with Crippen molar-refractivity contribution in [3.8, 4) is 0 Å². The highest BCUT2D eigenvalue weighted by Gasteiger charge is 2.19. The van der Waals surface area contributed by atoms with Gasteiger partial charge in [-0.25, -0.2) is 0 Å². The lowest BCUT2D eigenvalue weighted by atomic mass is 10.0. The maximum absolute atomic E-state index is 12.9. The van der Waals surface area contributed by atoms with Gasteiger partial charge < -0.3 is 14.2 Å². The van der Waals surface area contributed by atoms with Crippen LogP contribution in [-0.2, 0) is 28.6 Å². The third kappa shape index (κ3) is 59.3. The first kappa shape index (κ1) is 69.6. The number of unbranched alkanes of at least 4 members (excludes halogenated alkanes) is 32. The number of allylic oxidation sites excluding steroid dienone is 13. The van der Waals surface area contributed by atoms with Crippen LogP contribution < -0.4 is 0 Å².